The average Bonchev–Trinajstić information content (AvgIpc) is 2.45. The van der Waals surface area contributed by atoms with Crippen molar-refractivity contribution in [2.45, 2.75) is 13.5 Å². The molecule has 22 heavy (non-hydrogen) atoms. The summed E-state index contributed by atoms with van der Waals surface area (Å²) >= 11 is 5.83. The van der Waals surface area contributed by atoms with Gasteiger partial charge in [0.1, 0.15) is 5.82 Å². The van der Waals surface area contributed by atoms with Crippen LogP contribution in [0.5, 0.6) is 0 Å². The van der Waals surface area contributed by atoms with Crippen LogP contribution < -0.4 is 10.6 Å². The molecule has 2 rings (SSSR count). The molecular weight excluding hydrogens is 307 g/mol. The Kier molecular flexibility index (Phi) is 5.12. The summed E-state index contributed by atoms with van der Waals surface area (Å²) in [6, 6.07) is 10.7. The van der Waals surface area contributed by atoms with E-state index < -0.39 is 5.82 Å². The highest BCUT2D eigenvalue weighted by molar-refractivity contribution is 6.33. The van der Waals surface area contributed by atoms with Gasteiger partial charge in [-0.1, -0.05) is 23.7 Å². The Morgan fingerprint density at radius 1 is 1.14 bits per heavy atom. The molecule has 0 aliphatic rings. The number of amides is 2. The van der Waals surface area contributed by atoms with E-state index in [9.17, 15) is 14.0 Å². The third kappa shape index (κ3) is 4.30. The molecule has 0 radical (unpaired) electrons. The maximum Gasteiger partial charge on any atom is 0.253 e. The third-order valence-electron chi connectivity index (χ3n) is 2.90. The highest BCUT2D eigenvalue weighted by Crippen LogP contribution is 2.17. The van der Waals surface area contributed by atoms with Crippen LogP contribution in [0.1, 0.15) is 22.8 Å². The number of benzene rings is 2. The smallest absolute Gasteiger partial charge is 0.253 e. The number of nitrogens with one attached hydrogen (secondary N) is 2. The standard InChI is InChI=1S/C16H14ClFN2O2/c1-10(21)20-13-5-2-11(3-6-13)9-19-16(22)14-7-4-12(18)8-15(14)17/h2-8H,9H2,1H3,(H,19,22)(H,20,21). The molecular formula is C16H14ClFN2O2. The van der Waals surface area contributed by atoms with Crippen molar-refractivity contribution < 1.29 is 14.0 Å². The summed E-state index contributed by atoms with van der Waals surface area (Å²) in [5, 5.41) is 5.43. The fourth-order valence-electron chi connectivity index (χ4n) is 1.86. The molecule has 0 aromatic heterocycles. The monoisotopic (exact) mass is 320 g/mol. The van der Waals surface area contributed by atoms with E-state index in [1.807, 2.05) is 0 Å². The lowest BCUT2D eigenvalue weighted by Gasteiger charge is -2.08. The summed E-state index contributed by atoms with van der Waals surface area (Å²) in [6.07, 6.45) is 0. The summed E-state index contributed by atoms with van der Waals surface area (Å²) in [7, 11) is 0. The second-order valence-electron chi connectivity index (χ2n) is 4.68. The van der Waals surface area contributed by atoms with Gasteiger partial charge in [0, 0.05) is 19.2 Å². The number of carbonyl (C=O) groups excluding carboxylic acids is 2. The summed E-state index contributed by atoms with van der Waals surface area (Å²) in [6.45, 7) is 1.73. The van der Waals surface area contributed by atoms with Crippen molar-refractivity contribution in [1.82, 2.24) is 5.32 Å². The Balaban J connectivity index is 1.97. The Morgan fingerprint density at radius 2 is 1.82 bits per heavy atom. The van der Waals surface area contributed by atoms with Crippen molar-refractivity contribution in [2.24, 2.45) is 0 Å². The quantitative estimate of drug-likeness (QED) is 0.907. The number of hydrogen-bond acceptors (Lipinski definition) is 2. The van der Waals surface area contributed by atoms with Crippen LogP contribution in [0.4, 0.5) is 10.1 Å². The van der Waals surface area contributed by atoms with Crippen LogP contribution in [-0.4, -0.2) is 11.8 Å². The maximum absolute atomic E-state index is 12.9. The molecule has 0 fully saturated rings. The summed E-state index contributed by atoms with van der Waals surface area (Å²) in [5.74, 6) is -1.02. The van der Waals surface area contributed by atoms with E-state index in [0.29, 0.717) is 12.2 Å². The van der Waals surface area contributed by atoms with Crippen molar-refractivity contribution in [3.8, 4) is 0 Å². The molecule has 0 atom stereocenters. The number of hydrogen-bond donors (Lipinski definition) is 2. The molecule has 0 heterocycles. The average molecular weight is 321 g/mol. The minimum Gasteiger partial charge on any atom is -0.348 e. The minimum absolute atomic E-state index is 0.0681. The van der Waals surface area contributed by atoms with Gasteiger partial charge >= 0.3 is 0 Å². The first-order valence-electron chi connectivity index (χ1n) is 6.55. The molecule has 0 aliphatic heterocycles. The molecule has 4 nitrogen and oxygen atoms in total. The molecule has 0 saturated heterocycles. The molecule has 0 saturated carbocycles. The first-order valence-corrected chi connectivity index (χ1v) is 6.93. The van der Waals surface area contributed by atoms with Crippen LogP contribution in [0.2, 0.25) is 5.02 Å². The molecule has 2 N–H and O–H groups in total. The lowest BCUT2D eigenvalue weighted by molar-refractivity contribution is -0.114. The largest absolute Gasteiger partial charge is 0.348 e. The number of carbonyl (C=O) groups is 2. The molecule has 2 aromatic carbocycles. The second kappa shape index (κ2) is 7.04. The molecule has 114 valence electrons. The lowest BCUT2D eigenvalue weighted by atomic mass is 10.1. The summed E-state index contributed by atoms with van der Waals surface area (Å²) in [5.41, 5.74) is 1.77. The van der Waals surface area contributed by atoms with Crippen LogP contribution in [0.3, 0.4) is 0 Å². The molecule has 2 aromatic rings. The SMILES string of the molecule is CC(=O)Nc1ccc(CNC(=O)c2ccc(F)cc2Cl)cc1. The zero-order valence-corrected chi connectivity index (χ0v) is 12.6. The normalized spacial score (nSPS) is 10.1. The van der Waals surface area contributed by atoms with Gasteiger partial charge in [0.25, 0.3) is 5.91 Å². The lowest BCUT2D eigenvalue weighted by Crippen LogP contribution is -2.23. The predicted molar refractivity (Wildman–Crippen MR) is 83.3 cm³/mol. The van der Waals surface area contributed by atoms with Crippen molar-refractivity contribution in [2.75, 3.05) is 5.32 Å². The van der Waals surface area contributed by atoms with E-state index in [0.717, 1.165) is 11.6 Å². The summed E-state index contributed by atoms with van der Waals surface area (Å²) in [4.78, 5) is 22.9. The summed E-state index contributed by atoms with van der Waals surface area (Å²) < 4.78 is 12.9. The number of halogens is 2. The van der Waals surface area contributed by atoms with Gasteiger partial charge < -0.3 is 10.6 Å². The molecule has 2 amide bonds. The Bertz CT molecular complexity index is 702. The van der Waals surface area contributed by atoms with Crippen molar-refractivity contribution in [1.29, 1.82) is 0 Å². The van der Waals surface area contributed by atoms with Gasteiger partial charge in [0.15, 0.2) is 0 Å². The van der Waals surface area contributed by atoms with Gasteiger partial charge in [-0.05, 0) is 35.9 Å². The third-order valence-corrected chi connectivity index (χ3v) is 3.22. The van der Waals surface area contributed by atoms with Crippen molar-refractivity contribution in [3.05, 3.63) is 64.4 Å². The Labute approximate surface area is 132 Å². The van der Waals surface area contributed by atoms with Crippen LogP contribution in [0, 0.1) is 5.82 Å². The van der Waals surface area contributed by atoms with Gasteiger partial charge in [-0.25, -0.2) is 4.39 Å². The highest BCUT2D eigenvalue weighted by Gasteiger charge is 2.10. The van der Waals surface area contributed by atoms with Gasteiger partial charge in [-0.15, -0.1) is 0 Å². The van der Waals surface area contributed by atoms with Crippen molar-refractivity contribution >= 4 is 29.1 Å². The predicted octanol–water partition coefficient (Wildman–Crippen LogP) is 3.37. The molecule has 0 unspecified atom stereocenters. The molecule has 0 bridgehead atoms. The van der Waals surface area contributed by atoms with E-state index >= 15 is 0 Å². The Hall–Kier alpha value is -2.40. The van der Waals surface area contributed by atoms with E-state index in [1.54, 1.807) is 24.3 Å². The Morgan fingerprint density at radius 3 is 2.41 bits per heavy atom. The topological polar surface area (TPSA) is 58.2 Å². The second-order valence-corrected chi connectivity index (χ2v) is 5.09. The van der Waals surface area contributed by atoms with E-state index in [-0.39, 0.29) is 22.4 Å². The van der Waals surface area contributed by atoms with Gasteiger partial charge in [-0.2, -0.15) is 0 Å². The number of rotatable bonds is 4. The zero-order valence-electron chi connectivity index (χ0n) is 11.8. The maximum atomic E-state index is 12.9. The fraction of sp³-hybridized carbons (Fsp3) is 0.125. The first kappa shape index (κ1) is 16.0. The van der Waals surface area contributed by atoms with Gasteiger partial charge in [0.05, 0.1) is 10.6 Å². The van der Waals surface area contributed by atoms with E-state index in [2.05, 4.69) is 10.6 Å². The van der Waals surface area contributed by atoms with E-state index in [4.69, 9.17) is 11.6 Å². The first-order chi connectivity index (χ1) is 10.5. The molecule has 0 aliphatic carbocycles. The van der Waals surface area contributed by atoms with Crippen LogP contribution in [0.15, 0.2) is 42.5 Å². The van der Waals surface area contributed by atoms with Crippen LogP contribution >= 0.6 is 11.6 Å². The van der Waals surface area contributed by atoms with Gasteiger partial charge in [0.2, 0.25) is 5.91 Å². The van der Waals surface area contributed by atoms with Crippen LogP contribution in [-0.2, 0) is 11.3 Å². The zero-order chi connectivity index (χ0) is 16.1. The van der Waals surface area contributed by atoms with Gasteiger partial charge in [-0.3, -0.25) is 9.59 Å². The van der Waals surface area contributed by atoms with Crippen molar-refractivity contribution in [3.63, 3.8) is 0 Å². The molecule has 0 spiro atoms. The van der Waals surface area contributed by atoms with E-state index in [1.165, 1.54) is 19.1 Å². The highest BCUT2D eigenvalue weighted by atomic mass is 35.5. The minimum atomic E-state index is -0.491. The fourth-order valence-corrected chi connectivity index (χ4v) is 2.11. The van der Waals surface area contributed by atoms with Crippen LogP contribution in [0.25, 0.3) is 0 Å². The molecule has 6 heteroatoms. The number of anilines is 1.